The Morgan fingerprint density at radius 1 is 0.958 bits per heavy atom. The van der Waals surface area contributed by atoms with Crippen molar-refractivity contribution < 1.29 is 9.59 Å². The normalized spacial score (nSPS) is 17.5. The summed E-state index contributed by atoms with van der Waals surface area (Å²) in [7, 11) is 0. The number of rotatable bonds is 3. The molecule has 1 saturated heterocycles. The third-order valence-electron chi connectivity index (χ3n) is 4.54. The number of hydrogen-bond donors (Lipinski definition) is 1. The predicted molar refractivity (Wildman–Crippen MR) is 96.4 cm³/mol. The Balaban J connectivity index is 1.89. The van der Waals surface area contributed by atoms with Crippen molar-refractivity contribution in [3.63, 3.8) is 0 Å². The van der Waals surface area contributed by atoms with E-state index in [1.165, 1.54) is 4.90 Å². The average Bonchev–Trinajstić information content (AvgIpc) is 2.78. The first kappa shape index (κ1) is 16.2. The maximum atomic E-state index is 12.8. The van der Waals surface area contributed by atoms with Crippen LogP contribution in [0, 0.1) is 27.7 Å². The van der Waals surface area contributed by atoms with E-state index in [1.807, 2.05) is 64.1 Å². The molecule has 1 aliphatic heterocycles. The zero-order valence-electron chi connectivity index (χ0n) is 14.5. The summed E-state index contributed by atoms with van der Waals surface area (Å²) in [6, 6.07) is 11.2. The minimum absolute atomic E-state index is 0.157. The molecule has 2 aromatic carbocycles. The van der Waals surface area contributed by atoms with E-state index in [4.69, 9.17) is 0 Å². The van der Waals surface area contributed by atoms with Crippen molar-refractivity contribution in [3.8, 4) is 0 Å². The maximum Gasteiger partial charge on any atom is 0.256 e. The van der Waals surface area contributed by atoms with Gasteiger partial charge in [0.05, 0.1) is 12.1 Å². The topological polar surface area (TPSA) is 49.4 Å². The summed E-state index contributed by atoms with van der Waals surface area (Å²) in [5.74, 6) is -0.342. The first-order valence-corrected chi connectivity index (χ1v) is 8.15. The quantitative estimate of drug-likeness (QED) is 0.877. The molecule has 0 bridgehead atoms. The Morgan fingerprint density at radius 3 is 2.25 bits per heavy atom. The molecule has 4 heteroatoms. The fourth-order valence-corrected chi connectivity index (χ4v) is 3.27. The molecule has 3 rings (SSSR count). The number of hydrogen-bond acceptors (Lipinski definition) is 3. The second-order valence-electron chi connectivity index (χ2n) is 6.53. The summed E-state index contributed by atoms with van der Waals surface area (Å²) in [5.41, 5.74) is 5.80. The minimum atomic E-state index is -0.516. The van der Waals surface area contributed by atoms with Crippen molar-refractivity contribution in [1.29, 1.82) is 0 Å². The van der Waals surface area contributed by atoms with Crippen LogP contribution >= 0.6 is 0 Å². The molecule has 2 amide bonds. The van der Waals surface area contributed by atoms with Crippen LogP contribution in [0.25, 0.3) is 0 Å². The van der Waals surface area contributed by atoms with Crippen molar-refractivity contribution in [3.05, 3.63) is 58.7 Å². The lowest BCUT2D eigenvalue weighted by molar-refractivity contribution is -0.121. The number of carbonyl (C=O) groups excluding carboxylic acids is 2. The Bertz CT molecular complexity index is 806. The molecule has 124 valence electrons. The summed E-state index contributed by atoms with van der Waals surface area (Å²) in [4.78, 5) is 26.6. The van der Waals surface area contributed by atoms with Crippen LogP contribution in [0.4, 0.5) is 11.4 Å². The smallest absolute Gasteiger partial charge is 0.256 e. The van der Waals surface area contributed by atoms with Crippen molar-refractivity contribution in [1.82, 2.24) is 0 Å². The number of aryl methyl sites for hydroxylation is 4. The van der Waals surface area contributed by atoms with E-state index in [0.29, 0.717) is 5.69 Å². The van der Waals surface area contributed by atoms with Crippen LogP contribution in [0.2, 0.25) is 0 Å². The van der Waals surface area contributed by atoms with Gasteiger partial charge in [0, 0.05) is 5.69 Å². The fraction of sp³-hybridized carbons (Fsp3) is 0.300. The molecule has 24 heavy (non-hydrogen) atoms. The van der Waals surface area contributed by atoms with Crippen LogP contribution in [0.15, 0.2) is 36.4 Å². The number of nitrogens with zero attached hydrogens (tertiary/aromatic N) is 1. The lowest BCUT2D eigenvalue weighted by Gasteiger charge is -2.19. The van der Waals surface area contributed by atoms with Crippen LogP contribution < -0.4 is 10.2 Å². The third kappa shape index (κ3) is 2.80. The molecule has 0 aliphatic carbocycles. The van der Waals surface area contributed by atoms with Crippen molar-refractivity contribution in [2.75, 3.05) is 10.2 Å². The zero-order chi connectivity index (χ0) is 17.4. The minimum Gasteiger partial charge on any atom is -0.373 e. The molecule has 1 atom stereocenters. The summed E-state index contributed by atoms with van der Waals surface area (Å²) < 4.78 is 0. The van der Waals surface area contributed by atoms with E-state index < -0.39 is 6.04 Å². The van der Waals surface area contributed by atoms with Crippen molar-refractivity contribution in [2.24, 2.45) is 0 Å². The highest BCUT2D eigenvalue weighted by Crippen LogP contribution is 2.29. The lowest BCUT2D eigenvalue weighted by Crippen LogP contribution is -2.35. The second-order valence-corrected chi connectivity index (χ2v) is 6.53. The van der Waals surface area contributed by atoms with Gasteiger partial charge in [0.2, 0.25) is 5.91 Å². The second kappa shape index (κ2) is 6.11. The van der Waals surface area contributed by atoms with Gasteiger partial charge in [0.25, 0.3) is 5.91 Å². The number of imide groups is 1. The molecule has 1 aliphatic rings. The summed E-state index contributed by atoms with van der Waals surface area (Å²) >= 11 is 0. The highest BCUT2D eigenvalue weighted by molar-refractivity contribution is 6.23. The number of nitrogens with one attached hydrogen (secondary N) is 1. The highest BCUT2D eigenvalue weighted by atomic mass is 16.2. The lowest BCUT2D eigenvalue weighted by atomic mass is 10.1. The first-order chi connectivity index (χ1) is 11.4. The van der Waals surface area contributed by atoms with Gasteiger partial charge in [-0.2, -0.15) is 0 Å². The zero-order valence-corrected chi connectivity index (χ0v) is 14.5. The predicted octanol–water partition coefficient (Wildman–Crippen LogP) is 3.66. The van der Waals surface area contributed by atoms with Gasteiger partial charge in [0.15, 0.2) is 0 Å². The first-order valence-electron chi connectivity index (χ1n) is 8.15. The van der Waals surface area contributed by atoms with E-state index >= 15 is 0 Å². The molecule has 0 radical (unpaired) electrons. The van der Waals surface area contributed by atoms with Crippen molar-refractivity contribution >= 4 is 23.2 Å². The number of para-hydroxylation sites is 1. The van der Waals surface area contributed by atoms with E-state index in [0.717, 1.165) is 27.9 Å². The highest BCUT2D eigenvalue weighted by Gasteiger charge is 2.40. The van der Waals surface area contributed by atoms with E-state index in [-0.39, 0.29) is 18.2 Å². The fourth-order valence-electron chi connectivity index (χ4n) is 3.27. The molecule has 2 aromatic rings. The van der Waals surface area contributed by atoms with Crippen LogP contribution in [-0.2, 0) is 9.59 Å². The standard InChI is InChI=1S/C20H22N2O2/c1-12-8-9-17(15(4)10-12)22-18(23)11-16(20(22)24)21-19-13(2)6-5-7-14(19)3/h5-10,16,21H,11H2,1-4H3. The van der Waals surface area contributed by atoms with Crippen LogP contribution in [0.3, 0.4) is 0 Å². The number of benzene rings is 2. The monoisotopic (exact) mass is 322 g/mol. The van der Waals surface area contributed by atoms with Crippen LogP contribution in [0.1, 0.15) is 28.7 Å². The van der Waals surface area contributed by atoms with Gasteiger partial charge >= 0.3 is 0 Å². The molecule has 1 N–H and O–H groups in total. The van der Waals surface area contributed by atoms with Crippen LogP contribution in [0.5, 0.6) is 0 Å². The molecule has 0 spiro atoms. The Kier molecular flexibility index (Phi) is 4.14. The molecule has 0 saturated carbocycles. The van der Waals surface area contributed by atoms with E-state index in [9.17, 15) is 9.59 Å². The van der Waals surface area contributed by atoms with E-state index in [2.05, 4.69) is 5.32 Å². The third-order valence-corrected chi connectivity index (χ3v) is 4.54. The van der Waals surface area contributed by atoms with Crippen molar-refractivity contribution in [2.45, 2.75) is 40.2 Å². The van der Waals surface area contributed by atoms with Gasteiger partial charge in [-0.05, 0) is 50.5 Å². The Labute approximate surface area is 142 Å². The van der Waals surface area contributed by atoms with Gasteiger partial charge in [-0.3, -0.25) is 9.59 Å². The van der Waals surface area contributed by atoms with Gasteiger partial charge in [-0.15, -0.1) is 0 Å². The number of carbonyl (C=O) groups is 2. The molecule has 1 fully saturated rings. The van der Waals surface area contributed by atoms with Crippen LogP contribution in [-0.4, -0.2) is 17.9 Å². The molecule has 1 unspecified atom stereocenters. The average molecular weight is 322 g/mol. The number of amides is 2. The van der Waals surface area contributed by atoms with Gasteiger partial charge in [0.1, 0.15) is 6.04 Å². The molecule has 4 nitrogen and oxygen atoms in total. The largest absolute Gasteiger partial charge is 0.373 e. The van der Waals surface area contributed by atoms with Gasteiger partial charge < -0.3 is 5.32 Å². The maximum absolute atomic E-state index is 12.8. The molecule has 0 aromatic heterocycles. The summed E-state index contributed by atoms with van der Waals surface area (Å²) in [6.45, 7) is 7.92. The molecule has 1 heterocycles. The SMILES string of the molecule is Cc1ccc(N2C(=O)CC(Nc3c(C)cccc3C)C2=O)c(C)c1. The molecular weight excluding hydrogens is 300 g/mol. The Morgan fingerprint density at radius 2 is 1.62 bits per heavy atom. The number of anilines is 2. The van der Waals surface area contributed by atoms with E-state index in [1.54, 1.807) is 0 Å². The van der Waals surface area contributed by atoms with Gasteiger partial charge in [-0.1, -0.05) is 35.9 Å². The summed E-state index contributed by atoms with van der Waals surface area (Å²) in [5, 5.41) is 3.28. The summed E-state index contributed by atoms with van der Waals surface area (Å²) in [6.07, 6.45) is 0.180. The Hall–Kier alpha value is -2.62. The van der Waals surface area contributed by atoms with Gasteiger partial charge in [-0.25, -0.2) is 4.90 Å². The molecular formula is C20H22N2O2.